The van der Waals surface area contributed by atoms with Gasteiger partial charge in [-0.05, 0) is 32.4 Å². The van der Waals surface area contributed by atoms with Crippen molar-refractivity contribution < 1.29 is 9.72 Å². The fourth-order valence-corrected chi connectivity index (χ4v) is 2.02. The molecule has 0 heterocycles. The van der Waals surface area contributed by atoms with Crippen LogP contribution in [0.5, 0.6) is 0 Å². The van der Waals surface area contributed by atoms with E-state index in [-0.39, 0.29) is 28.9 Å². The van der Waals surface area contributed by atoms with E-state index in [1.54, 1.807) is 11.0 Å². The Balaban J connectivity index is 3.30. The number of anilines is 1. The van der Waals surface area contributed by atoms with Crippen molar-refractivity contribution in [2.24, 2.45) is 5.84 Å². The molecule has 0 saturated heterocycles. The molecule has 0 bridgehead atoms. The minimum absolute atomic E-state index is 0.0310. The number of nitrogens with one attached hydrogen (secondary N) is 1. The summed E-state index contributed by atoms with van der Waals surface area (Å²) in [6.45, 7) is 6.26. The lowest BCUT2D eigenvalue weighted by atomic mass is 10.1. The quantitative estimate of drug-likeness (QED) is 0.472. The van der Waals surface area contributed by atoms with E-state index < -0.39 is 4.92 Å². The van der Waals surface area contributed by atoms with Crippen LogP contribution in [0.3, 0.4) is 0 Å². The zero-order chi connectivity index (χ0) is 15.3. The number of rotatable bonds is 6. The van der Waals surface area contributed by atoms with Gasteiger partial charge in [-0.1, -0.05) is 13.0 Å². The Hall–Kier alpha value is -2.15. The summed E-state index contributed by atoms with van der Waals surface area (Å²) in [5, 5.41) is 11.2. The van der Waals surface area contributed by atoms with E-state index in [9.17, 15) is 14.9 Å². The van der Waals surface area contributed by atoms with E-state index >= 15 is 0 Å². The Kier molecular flexibility index (Phi) is 5.45. The van der Waals surface area contributed by atoms with Crippen LogP contribution in [0.4, 0.5) is 11.4 Å². The number of nitrogens with zero attached hydrogens (tertiary/aromatic N) is 2. The first kappa shape index (κ1) is 15.9. The maximum atomic E-state index is 12.5. The smallest absolute Gasteiger partial charge is 0.306 e. The number of nitrogens with two attached hydrogens (primary N) is 1. The van der Waals surface area contributed by atoms with Crippen molar-refractivity contribution in [2.75, 3.05) is 12.0 Å². The summed E-state index contributed by atoms with van der Waals surface area (Å²) >= 11 is 0. The predicted octanol–water partition coefficient (Wildman–Crippen LogP) is 2.14. The Labute approximate surface area is 117 Å². The highest BCUT2D eigenvalue weighted by Crippen LogP contribution is 2.29. The van der Waals surface area contributed by atoms with Crippen LogP contribution in [0, 0.1) is 10.1 Å². The first-order chi connectivity index (χ1) is 9.43. The van der Waals surface area contributed by atoms with Crippen LogP contribution in [0.2, 0.25) is 0 Å². The van der Waals surface area contributed by atoms with Crippen molar-refractivity contribution >= 4 is 17.3 Å². The highest BCUT2D eigenvalue weighted by molar-refractivity contribution is 6.00. The molecule has 3 N–H and O–H groups in total. The fraction of sp³-hybridized carbons (Fsp3) is 0.462. The Morgan fingerprint density at radius 1 is 1.50 bits per heavy atom. The van der Waals surface area contributed by atoms with E-state index in [1.165, 1.54) is 12.1 Å². The minimum atomic E-state index is -0.590. The van der Waals surface area contributed by atoms with Crippen LogP contribution in [-0.4, -0.2) is 28.3 Å². The van der Waals surface area contributed by atoms with Crippen molar-refractivity contribution in [3.05, 3.63) is 33.9 Å². The van der Waals surface area contributed by atoms with Crippen LogP contribution in [0.25, 0.3) is 0 Å². The lowest BCUT2D eigenvalue weighted by Gasteiger charge is -2.26. The average molecular weight is 280 g/mol. The van der Waals surface area contributed by atoms with E-state index in [2.05, 4.69) is 5.43 Å². The second-order valence-electron chi connectivity index (χ2n) is 4.70. The van der Waals surface area contributed by atoms with Gasteiger partial charge >= 0.3 is 5.69 Å². The van der Waals surface area contributed by atoms with Crippen molar-refractivity contribution in [3.8, 4) is 0 Å². The van der Waals surface area contributed by atoms with Crippen molar-refractivity contribution in [3.63, 3.8) is 0 Å². The molecule has 1 aromatic carbocycles. The van der Waals surface area contributed by atoms with Crippen LogP contribution in [0.15, 0.2) is 18.2 Å². The Morgan fingerprint density at radius 2 is 2.15 bits per heavy atom. The highest BCUT2D eigenvalue weighted by Gasteiger charge is 2.28. The molecule has 0 fully saturated rings. The van der Waals surface area contributed by atoms with Gasteiger partial charge in [-0.2, -0.15) is 0 Å². The first-order valence-corrected chi connectivity index (χ1v) is 6.49. The molecule has 0 radical (unpaired) electrons. The zero-order valence-corrected chi connectivity index (χ0v) is 11.9. The summed E-state index contributed by atoms with van der Waals surface area (Å²) in [5.41, 5.74) is 2.14. The van der Waals surface area contributed by atoms with Crippen LogP contribution in [0.1, 0.15) is 37.6 Å². The van der Waals surface area contributed by atoms with Gasteiger partial charge in [0.1, 0.15) is 11.3 Å². The molecule has 20 heavy (non-hydrogen) atoms. The van der Waals surface area contributed by atoms with Crippen LogP contribution in [-0.2, 0) is 0 Å². The molecule has 0 unspecified atom stereocenters. The maximum Gasteiger partial charge on any atom is 0.306 e. The second-order valence-corrected chi connectivity index (χ2v) is 4.70. The van der Waals surface area contributed by atoms with Gasteiger partial charge in [-0.3, -0.25) is 20.8 Å². The molecule has 0 aromatic heterocycles. The van der Waals surface area contributed by atoms with Gasteiger partial charge < -0.3 is 10.3 Å². The molecule has 0 aliphatic heterocycles. The van der Waals surface area contributed by atoms with Crippen LogP contribution < -0.4 is 11.3 Å². The standard InChI is InChI=1S/C13H20N4O3/c1-4-8-16(9(2)3)13(18)10-6-5-7-11(15-14)12(10)17(19)20/h5-7,9,15H,4,8,14H2,1-3H3. The topological polar surface area (TPSA) is 102 Å². The molecule has 0 aliphatic rings. The SMILES string of the molecule is CCCN(C(=O)c1cccc(NN)c1[N+](=O)[O-])C(C)C. The molecular formula is C13H20N4O3. The Morgan fingerprint density at radius 3 is 2.60 bits per heavy atom. The zero-order valence-electron chi connectivity index (χ0n) is 11.9. The first-order valence-electron chi connectivity index (χ1n) is 6.49. The second kappa shape index (κ2) is 6.85. The third-order valence-corrected chi connectivity index (χ3v) is 2.95. The number of para-hydroxylation sites is 1. The number of benzene rings is 1. The number of nitrogen functional groups attached to an aromatic ring is 1. The van der Waals surface area contributed by atoms with E-state index in [0.29, 0.717) is 6.54 Å². The Bertz CT molecular complexity index is 502. The number of hydrogen-bond donors (Lipinski definition) is 2. The monoisotopic (exact) mass is 280 g/mol. The third kappa shape index (κ3) is 3.24. The average Bonchev–Trinajstić information content (AvgIpc) is 2.42. The fourth-order valence-electron chi connectivity index (χ4n) is 2.02. The summed E-state index contributed by atoms with van der Waals surface area (Å²) < 4.78 is 0. The number of amides is 1. The van der Waals surface area contributed by atoms with Gasteiger partial charge in [0.15, 0.2) is 0 Å². The summed E-state index contributed by atoms with van der Waals surface area (Å²) in [6, 6.07) is 4.46. The number of hydrazine groups is 1. The van der Waals surface area contributed by atoms with E-state index in [4.69, 9.17) is 5.84 Å². The van der Waals surface area contributed by atoms with Crippen molar-refractivity contribution in [1.29, 1.82) is 0 Å². The molecule has 110 valence electrons. The summed E-state index contributed by atoms with van der Waals surface area (Å²) in [5.74, 6) is 4.92. The third-order valence-electron chi connectivity index (χ3n) is 2.95. The molecule has 0 saturated carbocycles. The normalized spacial score (nSPS) is 10.4. The van der Waals surface area contributed by atoms with Gasteiger partial charge in [-0.15, -0.1) is 0 Å². The van der Waals surface area contributed by atoms with Gasteiger partial charge in [0.2, 0.25) is 0 Å². The minimum Gasteiger partial charge on any atom is -0.336 e. The van der Waals surface area contributed by atoms with E-state index in [1.807, 2.05) is 20.8 Å². The maximum absolute atomic E-state index is 12.5. The molecule has 0 spiro atoms. The number of carbonyl (C=O) groups is 1. The van der Waals surface area contributed by atoms with Gasteiger partial charge in [-0.25, -0.2) is 0 Å². The number of hydrogen-bond acceptors (Lipinski definition) is 5. The molecule has 0 aliphatic carbocycles. The van der Waals surface area contributed by atoms with Crippen molar-refractivity contribution in [2.45, 2.75) is 33.2 Å². The molecule has 1 amide bonds. The molecular weight excluding hydrogens is 260 g/mol. The number of carbonyl (C=O) groups excluding carboxylic acids is 1. The lowest BCUT2D eigenvalue weighted by molar-refractivity contribution is -0.384. The highest BCUT2D eigenvalue weighted by atomic mass is 16.6. The largest absolute Gasteiger partial charge is 0.336 e. The van der Waals surface area contributed by atoms with Gasteiger partial charge in [0.25, 0.3) is 5.91 Å². The molecule has 1 aromatic rings. The summed E-state index contributed by atoms with van der Waals surface area (Å²) in [7, 11) is 0. The van der Waals surface area contributed by atoms with E-state index in [0.717, 1.165) is 6.42 Å². The van der Waals surface area contributed by atoms with Crippen LogP contribution >= 0.6 is 0 Å². The predicted molar refractivity (Wildman–Crippen MR) is 77.4 cm³/mol. The summed E-state index contributed by atoms with van der Waals surface area (Å²) in [6.07, 6.45) is 0.784. The van der Waals surface area contributed by atoms with Gasteiger partial charge in [0, 0.05) is 12.6 Å². The lowest BCUT2D eigenvalue weighted by Crippen LogP contribution is -2.37. The van der Waals surface area contributed by atoms with Crippen molar-refractivity contribution in [1.82, 2.24) is 4.90 Å². The van der Waals surface area contributed by atoms with Gasteiger partial charge in [0.05, 0.1) is 4.92 Å². The molecule has 7 nitrogen and oxygen atoms in total. The number of nitro groups is 1. The molecule has 7 heteroatoms. The molecule has 1 rings (SSSR count). The number of nitro benzene ring substituents is 1. The molecule has 0 atom stereocenters. The summed E-state index contributed by atoms with van der Waals surface area (Å²) in [4.78, 5) is 24.7.